The van der Waals surface area contributed by atoms with E-state index in [2.05, 4.69) is 21.1 Å². The molecule has 4 aromatic carbocycles. The zero-order valence-corrected chi connectivity index (χ0v) is 19.3. The molecule has 4 aromatic rings. The highest BCUT2D eigenvalue weighted by atomic mass is 16.3. The lowest BCUT2D eigenvalue weighted by Gasteiger charge is -2.09. The summed E-state index contributed by atoms with van der Waals surface area (Å²) in [5, 5.41) is 18.9. The number of nitrogens with one attached hydrogen (secondary N) is 2. The van der Waals surface area contributed by atoms with Crippen LogP contribution < -0.4 is 10.9 Å². The molecule has 178 valence electrons. The van der Waals surface area contributed by atoms with E-state index in [0.29, 0.717) is 28.7 Å². The number of benzene rings is 4. The Morgan fingerprint density at radius 3 is 1.50 bits per heavy atom. The van der Waals surface area contributed by atoms with E-state index in [1.807, 2.05) is 42.5 Å². The summed E-state index contributed by atoms with van der Waals surface area (Å²) < 4.78 is 0. The van der Waals surface area contributed by atoms with Crippen LogP contribution in [0.2, 0.25) is 0 Å². The van der Waals surface area contributed by atoms with E-state index < -0.39 is 0 Å². The molecule has 36 heavy (non-hydrogen) atoms. The molecule has 7 heteroatoms. The fourth-order valence-electron chi connectivity index (χ4n) is 3.50. The van der Waals surface area contributed by atoms with Gasteiger partial charge in [-0.1, -0.05) is 66.7 Å². The van der Waals surface area contributed by atoms with Crippen LogP contribution in [0.15, 0.2) is 113 Å². The lowest BCUT2D eigenvalue weighted by atomic mass is 9.99. The molecule has 0 aliphatic carbocycles. The molecule has 0 saturated heterocycles. The van der Waals surface area contributed by atoms with Gasteiger partial charge in [-0.25, -0.2) is 10.9 Å². The van der Waals surface area contributed by atoms with Gasteiger partial charge >= 0.3 is 0 Å². The van der Waals surface area contributed by atoms with Gasteiger partial charge < -0.3 is 5.11 Å². The predicted octanol–water partition coefficient (Wildman–Crippen LogP) is 4.51. The van der Waals surface area contributed by atoms with Gasteiger partial charge in [0, 0.05) is 22.3 Å². The van der Waals surface area contributed by atoms with E-state index in [1.54, 1.807) is 60.7 Å². The molecular formula is C29H24N4O3. The van der Waals surface area contributed by atoms with Crippen molar-refractivity contribution in [1.82, 2.24) is 10.9 Å². The minimum absolute atomic E-state index is 0.0813. The number of rotatable bonds is 8. The van der Waals surface area contributed by atoms with Crippen molar-refractivity contribution in [2.24, 2.45) is 10.2 Å². The van der Waals surface area contributed by atoms with Crippen LogP contribution in [0.5, 0.6) is 5.75 Å². The van der Waals surface area contributed by atoms with Crippen molar-refractivity contribution in [1.29, 1.82) is 0 Å². The van der Waals surface area contributed by atoms with E-state index in [9.17, 15) is 14.7 Å². The number of amides is 2. The van der Waals surface area contributed by atoms with E-state index in [0.717, 1.165) is 11.1 Å². The molecule has 0 spiro atoms. The molecule has 3 N–H and O–H groups in total. The number of phenolic OH excluding ortho intramolecular Hbond substituents is 1. The first kappa shape index (κ1) is 24.1. The molecular weight excluding hydrogens is 452 g/mol. The van der Waals surface area contributed by atoms with Crippen molar-refractivity contribution in [3.63, 3.8) is 0 Å². The molecule has 0 radical (unpaired) electrons. The second kappa shape index (κ2) is 11.9. The normalized spacial score (nSPS) is 11.0. The smallest absolute Gasteiger partial charge is 0.271 e. The number of aromatic hydroxyl groups is 1. The molecule has 0 heterocycles. The number of carbonyl (C=O) groups is 2. The van der Waals surface area contributed by atoms with Crippen molar-refractivity contribution in [3.05, 3.63) is 137 Å². The maximum atomic E-state index is 12.3. The van der Waals surface area contributed by atoms with Gasteiger partial charge in [-0.3, -0.25) is 9.59 Å². The number of phenols is 1. The lowest BCUT2D eigenvalue weighted by Crippen LogP contribution is -2.17. The minimum Gasteiger partial charge on any atom is -0.507 e. The first-order valence-electron chi connectivity index (χ1n) is 11.3. The predicted molar refractivity (Wildman–Crippen MR) is 140 cm³/mol. The second-order valence-electron chi connectivity index (χ2n) is 7.92. The van der Waals surface area contributed by atoms with Crippen molar-refractivity contribution in [2.45, 2.75) is 6.42 Å². The third-order valence-electron chi connectivity index (χ3n) is 5.29. The Kier molecular flexibility index (Phi) is 7.96. The molecule has 0 saturated carbocycles. The van der Waals surface area contributed by atoms with Gasteiger partial charge in [0.15, 0.2) is 0 Å². The van der Waals surface area contributed by atoms with E-state index >= 15 is 0 Å². The standard InChI is InChI=1S/C29H24N4O3/c34-27-25(19-30-32-28(35)23-12-6-2-7-13-23)17-22(16-21-10-4-1-5-11-21)18-26(27)20-31-33-29(36)24-14-8-3-9-15-24/h1-15,17-20,34H,16H2,(H,32,35)(H,33,36). The fraction of sp³-hybridized carbons (Fsp3) is 0.0345. The SMILES string of the molecule is O=C(NN=Cc1cc(Cc2ccccc2)cc(C=NNC(=O)c2ccccc2)c1O)c1ccccc1. The number of hydrazone groups is 2. The van der Waals surface area contributed by atoms with Crippen molar-refractivity contribution < 1.29 is 14.7 Å². The monoisotopic (exact) mass is 476 g/mol. The summed E-state index contributed by atoms with van der Waals surface area (Å²) in [6.45, 7) is 0. The van der Waals surface area contributed by atoms with Gasteiger partial charge in [0.2, 0.25) is 0 Å². The molecule has 0 bridgehead atoms. The maximum Gasteiger partial charge on any atom is 0.271 e. The van der Waals surface area contributed by atoms with Gasteiger partial charge in [-0.05, 0) is 53.9 Å². The molecule has 7 nitrogen and oxygen atoms in total. The summed E-state index contributed by atoms with van der Waals surface area (Å²) >= 11 is 0. The highest BCUT2D eigenvalue weighted by Crippen LogP contribution is 2.24. The Labute approximate surface area is 208 Å². The number of nitrogens with zero attached hydrogens (tertiary/aromatic N) is 2. The van der Waals surface area contributed by atoms with Crippen LogP contribution >= 0.6 is 0 Å². The van der Waals surface area contributed by atoms with Crippen molar-refractivity contribution in [2.75, 3.05) is 0 Å². The van der Waals surface area contributed by atoms with Gasteiger partial charge in [-0.2, -0.15) is 10.2 Å². The van der Waals surface area contributed by atoms with Gasteiger partial charge in [0.1, 0.15) is 5.75 Å². The molecule has 0 atom stereocenters. The quantitative estimate of drug-likeness (QED) is 0.257. The van der Waals surface area contributed by atoms with E-state index in [1.165, 1.54) is 12.4 Å². The number of hydrogen-bond acceptors (Lipinski definition) is 5. The summed E-state index contributed by atoms with van der Waals surface area (Å²) in [5.74, 6) is -0.809. The zero-order valence-electron chi connectivity index (χ0n) is 19.3. The third-order valence-corrected chi connectivity index (χ3v) is 5.29. The van der Waals surface area contributed by atoms with E-state index in [-0.39, 0.29) is 17.6 Å². The average molecular weight is 477 g/mol. The Morgan fingerprint density at radius 1 is 0.639 bits per heavy atom. The Hall–Kier alpha value is -5.04. The third kappa shape index (κ3) is 6.51. The zero-order chi connectivity index (χ0) is 25.2. The van der Waals surface area contributed by atoms with Gasteiger partial charge in [-0.15, -0.1) is 0 Å². The lowest BCUT2D eigenvalue weighted by molar-refractivity contribution is 0.0947. The fourth-order valence-corrected chi connectivity index (χ4v) is 3.50. The molecule has 0 aliphatic rings. The van der Waals surface area contributed by atoms with E-state index in [4.69, 9.17) is 0 Å². The Morgan fingerprint density at radius 2 is 1.06 bits per heavy atom. The summed E-state index contributed by atoms with van der Waals surface area (Å²) in [6.07, 6.45) is 3.37. The minimum atomic E-state index is -0.364. The van der Waals surface area contributed by atoms with Crippen LogP contribution in [-0.4, -0.2) is 29.4 Å². The summed E-state index contributed by atoms with van der Waals surface area (Å²) in [4.78, 5) is 24.5. The number of carbonyl (C=O) groups excluding carboxylic acids is 2. The maximum absolute atomic E-state index is 12.3. The van der Waals surface area contributed by atoms with Crippen LogP contribution in [0.4, 0.5) is 0 Å². The molecule has 0 aliphatic heterocycles. The number of hydrogen-bond donors (Lipinski definition) is 3. The summed E-state index contributed by atoms with van der Waals surface area (Å²) in [5.41, 5.74) is 8.65. The summed E-state index contributed by atoms with van der Waals surface area (Å²) in [6, 6.07) is 30.9. The van der Waals surface area contributed by atoms with Gasteiger partial charge in [0.25, 0.3) is 11.8 Å². The topological polar surface area (TPSA) is 103 Å². The largest absolute Gasteiger partial charge is 0.507 e. The first-order chi connectivity index (χ1) is 17.6. The molecule has 0 unspecified atom stereocenters. The Balaban J connectivity index is 1.56. The molecule has 2 amide bonds. The second-order valence-corrected chi connectivity index (χ2v) is 7.92. The van der Waals surface area contributed by atoms with Crippen LogP contribution in [0.1, 0.15) is 43.0 Å². The van der Waals surface area contributed by atoms with Crippen LogP contribution in [0.25, 0.3) is 0 Å². The highest BCUT2D eigenvalue weighted by Gasteiger charge is 2.10. The van der Waals surface area contributed by atoms with Crippen LogP contribution in [0, 0.1) is 0 Å². The highest BCUT2D eigenvalue weighted by molar-refractivity contribution is 5.97. The van der Waals surface area contributed by atoms with Crippen molar-refractivity contribution in [3.8, 4) is 5.75 Å². The van der Waals surface area contributed by atoms with Crippen LogP contribution in [-0.2, 0) is 6.42 Å². The summed E-state index contributed by atoms with van der Waals surface area (Å²) in [7, 11) is 0. The van der Waals surface area contributed by atoms with Crippen molar-refractivity contribution >= 4 is 24.2 Å². The molecule has 4 rings (SSSR count). The first-order valence-corrected chi connectivity index (χ1v) is 11.3. The molecule has 0 fully saturated rings. The van der Waals surface area contributed by atoms with Crippen LogP contribution in [0.3, 0.4) is 0 Å². The average Bonchev–Trinajstić information content (AvgIpc) is 2.92. The Bertz CT molecular complexity index is 1300. The van der Waals surface area contributed by atoms with Gasteiger partial charge in [0.05, 0.1) is 12.4 Å². The molecule has 0 aromatic heterocycles.